The van der Waals surface area contributed by atoms with Crippen molar-refractivity contribution in [2.75, 3.05) is 19.9 Å². The van der Waals surface area contributed by atoms with E-state index >= 15 is 0 Å². The van der Waals surface area contributed by atoms with E-state index in [1.807, 2.05) is 54.6 Å². The molecule has 0 fully saturated rings. The average Bonchev–Trinajstić information content (AvgIpc) is 3.24. The molecule has 0 aliphatic heterocycles. The van der Waals surface area contributed by atoms with Crippen molar-refractivity contribution in [3.63, 3.8) is 0 Å². The van der Waals surface area contributed by atoms with Gasteiger partial charge in [-0.25, -0.2) is 22.9 Å². The van der Waals surface area contributed by atoms with Crippen LogP contribution in [0.1, 0.15) is 45.9 Å². The minimum Gasteiger partial charge on any atom is -0.494 e. The summed E-state index contributed by atoms with van der Waals surface area (Å²) in [4.78, 5) is 19.8. The maximum Gasteiger partial charge on any atom is 0.337 e. The van der Waals surface area contributed by atoms with Gasteiger partial charge < -0.3 is 20.6 Å². The fraction of sp³-hybridized carbons (Fsp3) is 0.214. The molecule has 0 amide bonds. The Hall–Kier alpha value is -3.99. The summed E-state index contributed by atoms with van der Waals surface area (Å²) in [6.45, 7) is 0.338. The Morgan fingerprint density at radius 2 is 1.79 bits per heavy atom. The van der Waals surface area contributed by atoms with Gasteiger partial charge in [0.25, 0.3) is 0 Å². The number of esters is 1. The number of methoxy groups -OCH3 is 1. The molecule has 0 spiro atoms. The highest BCUT2D eigenvalue weighted by atomic mass is 32.2. The summed E-state index contributed by atoms with van der Waals surface area (Å²) in [6.07, 6.45) is 2.37. The molecular weight excluding hydrogens is 504 g/mol. The number of ether oxygens (including phenoxy) is 1. The lowest BCUT2D eigenvalue weighted by Crippen LogP contribution is -2.24. The van der Waals surface area contributed by atoms with Crippen LogP contribution in [0.5, 0.6) is 5.88 Å². The van der Waals surface area contributed by atoms with E-state index in [0.717, 1.165) is 17.4 Å². The van der Waals surface area contributed by atoms with Crippen molar-refractivity contribution in [2.45, 2.75) is 18.9 Å². The SMILES string of the molecule is COC(=O)c1ccc2c(C(=Nc3ccc(C(N)CCCNS(C)(=O)=O)cc3)c3ccccc3)c(O)[nH]c2c1. The van der Waals surface area contributed by atoms with Crippen molar-refractivity contribution in [2.24, 2.45) is 10.7 Å². The van der Waals surface area contributed by atoms with Gasteiger partial charge in [0.15, 0.2) is 5.88 Å². The van der Waals surface area contributed by atoms with Gasteiger partial charge in [0.1, 0.15) is 0 Å². The smallest absolute Gasteiger partial charge is 0.337 e. The molecule has 9 nitrogen and oxygen atoms in total. The Kier molecular flexibility index (Phi) is 8.26. The predicted octanol–water partition coefficient (Wildman–Crippen LogP) is 4.16. The van der Waals surface area contributed by atoms with Crippen LogP contribution in [0.25, 0.3) is 10.9 Å². The zero-order valence-electron chi connectivity index (χ0n) is 21.1. The molecule has 0 saturated carbocycles. The highest BCUT2D eigenvalue weighted by Gasteiger charge is 2.20. The van der Waals surface area contributed by atoms with Gasteiger partial charge in [-0.2, -0.15) is 0 Å². The number of aromatic amines is 1. The van der Waals surface area contributed by atoms with Crippen LogP contribution in [0, 0.1) is 0 Å². The third-order valence-corrected chi connectivity index (χ3v) is 6.83. The monoisotopic (exact) mass is 534 g/mol. The molecule has 4 aromatic rings. The molecule has 0 radical (unpaired) electrons. The first-order valence-corrected chi connectivity index (χ1v) is 13.9. The second-order valence-electron chi connectivity index (χ2n) is 8.93. The van der Waals surface area contributed by atoms with Crippen LogP contribution in [0.15, 0.2) is 77.8 Å². The molecule has 198 valence electrons. The first-order chi connectivity index (χ1) is 18.2. The van der Waals surface area contributed by atoms with Crippen LogP contribution in [-0.2, 0) is 14.8 Å². The number of hydrogen-bond acceptors (Lipinski definition) is 7. The first-order valence-electron chi connectivity index (χ1n) is 12.0. The number of nitrogens with zero attached hydrogens (tertiary/aromatic N) is 1. The number of hydrogen-bond donors (Lipinski definition) is 4. The predicted molar refractivity (Wildman–Crippen MR) is 148 cm³/mol. The van der Waals surface area contributed by atoms with Gasteiger partial charge in [0.05, 0.1) is 35.9 Å². The van der Waals surface area contributed by atoms with Gasteiger partial charge in [0, 0.05) is 29.1 Å². The number of fused-ring (bicyclic) bond motifs is 1. The molecule has 1 heterocycles. The highest BCUT2D eigenvalue weighted by molar-refractivity contribution is 7.88. The summed E-state index contributed by atoms with van der Waals surface area (Å²) < 4.78 is 29.7. The number of aromatic hydroxyl groups is 1. The van der Waals surface area contributed by atoms with Gasteiger partial charge in [-0.05, 0) is 42.7 Å². The lowest BCUT2D eigenvalue weighted by Gasteiger charge is -2.13. The van der Waals surface area contributed by atoms with E-state index < -0.39 is 16.0 Å². The van der Waals surface area contributed by atoms with Crippen molar-refractivity contribution in [3.8, 4) is 5.88 Å². The van der Waals surface area contributed by atoms with Crippen LogP contribution in [-0.4, -0.2) is 50.1 Å². The maximum absolute atomic E-state index is 12.0. The number of carbonyl (C=O) groups is 1. The van der Waals surface area contributed by atoms with Crippen molar-refractivity contribution >= 4 is 38.3 Å². The first kappa shape index (κ1) is 27.1. The van der Waals surface area contributed by atoms with E-state index in [2.05, 4.69) is 9.71 Å². The molecule has 10 heteroatoms. The third-order valence-electron chi connectivity index (χ3n) is 6.10. The molecule has 0 aliphatic carbocycles. The number of aromatic nitrogens is 1. The number of benzene rings is 3. The van der Waals surface area contributed by atoms with Gasteiger partial charge in [-0.3, -0.25) is 0 Å². The summed E-state index contributed by atoms with van der Waals surface area (Å²) in [5.74, 6) is -0.532. The third kappa shape index (κ3) is 6.46. The molecule has 0 aliphatic rings. The van der Waals surface area contributed by atoms with Gasteiger partial charge in [0.2, 0.25) is 10.0 Å². The second-order valence-corrected chi connectivity index (χ2v) is 10.8. The molecule has 38 heavy (non-hydrogen) atoms. The van der Waals surface area contributed by atoms with Crippen molar-refractivity contribution in [1.29, 1.82) is 0 Å². The molecule has 0 bridgehead atoms. The largest absolute Gasteiger partial charge is 0.494 e. The Labute approximate surface area is 221 Å². The van der Waals surface area contributed by atoms with E-state index in [4.69, 9.17) is 15.5 Å². The highest BCUT2D eigenvalue weighted by Crippen LogP contribution is 2.32. The minimum atomic E-state index is -3.22. The van der Waals surface area contributed by atoms with E-state index in [1.54, 1.807) is 18.2 Å². The number of nitrogens with two attached hydrogens (primary N) is 1. The van der Waals surface area contributed by atoms with E-state index in [1.165, 1.54) is 7.11 Å². The quantitative estimate of drug-likeness (QED) is 0.136. The van der Waals surface area contributed by atoms with E-state index in [0.29, 0.717) is 52.8 Å². The zero-order chi connectivity index (χ0) is 27.3. The van der Waals surface area contributed by atoms with Crippen LogP contribution in [0.2, 0.25) is 0 Å². The summed E-state index contributed by atoms with van der Waals surface area (Å²) >= 11 is 0. The normalized spacial score (nSPS) is 13.0. The molecule has 5 N–H and O–H groups in total. The maximum atomic E-state index is 12.0. The molecule has 0 saturated heterocycles. The topological polar surface area (TPSA) is 147 Å². The van der Waals surface area contributed by atoms with E-state index in [9.17, 15) is 18.3 Å². The molecule has 1 atom stereocenters. The average molecular weight is 535 g/mol. The number of aliphatic imine (C=N–C) groups is 1. The van der Waals surface area contributed by atoms with E-state index in [-0.39, 0.29) is 11.9 Å². The summed E-state index contributed by atoms with van der Waals surface area (Å²) in [5.41, 5.74) is 10.7. The molecular formula is C28H30N4O5S. The van der Waals surface area contributed by atoms with Crippen molar-refractivity contribution < 1.29 is 23.1 Å². The molecule has 4 rings (SSSR count). The Balaban J connectivity index is 1.65. The molecule has 1 aromatic heterocycles. The zero-order valence-corrected chi connectivity index (χ0v) is 22.0. The summed E-state index contributed by atoms with van der Waals surface area (Å²) in [5, 5.41) is 11.6. The Morgan fingerprint density at radius 1 is 1.08 bits per heavy atom. The molecule has 3 aromatic carbocycles. The Bertz CT molecular complexity index is 1560. The number of nitrogens with one attached hydrogen (secondary N) is 2. The fourth-order valence-electron chi connectivity index (χ4n) is 4.20. The Morgan fingerprint density at radius 3 is 2.45 bits per heavy atom. The number of rotatable bonds is 10. The number of carbonyl (C=O) groups excluding carboxylic acids is 1. The van der Waals surface area contributed by atoms with Crippen molar-refractivity contribution in [1.82, 2.24) is 9.71 Å². The minimum absolute atomic E-state index is 0.0639. The van der Waals surface area contributed by atoms with Crippen molar-refractivity contribution in [3.05, 3.63) is 95.1 Å². The summed E-state index contributed by atoms with van der Waals surface area (Å²) in [7, 11) is -1.90. The standard InChI is InChI=1S/C28H30N4O5S/c1-37-28(34)20-12-15-22-24(17-20)32-27(33)25(22)26(19-7-4-3-5-8-19)31-21-13-10-18(11-14-21)23(29)9-6-16-30-38(2,35)36/h3-5,7-8,10-15,17,23,30,32-33H,6,9,16,29H2,1-2H3. The molecule has 1 unspecified atom stereocenters. The van der Waals surface area contributed by atoms with Gasteiger partial charge in [-0.15, -0.1) is 0 Å². The number of H-pyrrole nitrogens is 1. The van der Waals surface area contributed by atoms with Crippen LogP contribution < -0.4 is 10.5 Å². The second kappa shape index (κ2) is 11.6. The van der Waals surface area contributed by atoms with Gasteiger partial charge in [-0.1, -0.05) is 48.5 Å². The van der Waals surface area contributed by atoms with Crippen LogP contribution in [0.3, 0.4) is 0 Å². The summed E-state index contributed by atoms with van der Waals surface area (Å²) in [6, 6.07) is 21.8. The lowest BCUT2D eigenvalue weighted by atomic mass is 9.99. The van der Waals surface area contributed by atoms with Crippen LogP contribution >= 0.6 is 0 Å². The number of sulfonamides is 1. The van der Waals surface area contributed by atoms with Gasteiger partial charge >= 0.3 is 5.97 Å². The fourth-order valence-corrected chi connectivity index (χ4v) is 4.72. The van der Waals surface area contributed by atoms with Crippen LogP contribution in [0.4, 0.5) is 5.69 Å². The lowest BCUT2D eigenvalue weighted by molar-refractivity contribution is 0.0601.